The van der Waals surface area contributed by atoms with Crippen LogP contribution < -0.4 is 0 Å². The molecule has 0 aliphatic rings. The van der Waals surface area contributed by atoms with Crippen molar-refractivity contribution in [3.63, 3.8) is 0 Å². The molecule has 0 N–H and O–H groups in total. The number of esters is 3. The lowest BCUT2D eigenvalue weighted by Gasteiger charge is -2.18. The molecule has 0 saturated heterocycles. The van der Waals surface area contributed by atoms with Crippen LogP contribution in [0.2, 0.25) is 0 Å². The number of ether oxygens (including phenoxy) is 3. The Bertz CT molecular complexity index is 1030. The molecule has 0 amide bonds. The summed E-state index contributed by atoms with van der Waals surface area (Å²) >= 11 is 0. The van der Waals surface area contributed by atoms with Crippen LogP contribution in [0.15, 0.2) is 48.6 Å². The molecule has 0 aliphatic carbocycles. The molecular weight excluding hydrogens is 721 g/mol. The fourth-order valence-corrected chi connectivity index (χ4v) is 6.78. The van der Waals surface area contributed by atoms with E-state index in [4.69, 9.17) is 14.2 Å². The average molecular weight is 813 g/mol. The highest BCUT2D eigenvalue weighted by molar-refractivity contribution is 5.71. The lowest BCUT2D eigenvalue weighted by molar-refractivity contribution is -0.167. The molecule has 1 unspecified atom stereocenters. The monoisotopic (exact) mass is 813 g/mol. The first-order valence-electron chi connectivity index (χ1n) is 24.6. The normalized spacial score (nSPS) is 12.4. The van der Waals surface area contributed by atoms with Crippen molar-refractivity contribution in [2.24, 2.45) is 0 Å². The van der Waals surface area contributed by atoms with E-state index in [0.29, 0.717) is 19.3 Å². The van der Waals surface area contributed by atoms with Crippen LogP contribution >= 0.6 is 0 Å². The van der Waals surface area contributed by atoms with Crippen LogP contribution in [0.3, 0.4) is 0 Å². The van der Waals surface area contributed by atoms with Gasteiger partial charge in [-0.05, 0) is 77.0 Å². The van der Waals surface area contributed by atoms with Gasteiger partial charge in [0.25, 0.3) is 0 Å². The highest BCUT2D eigenvalue weighted by atomic mass is 16.6. The second-order valence-electron chi connectivity index (χ2n) is 16.4. The van der Waals surface area contributed by atoms with Crippen LogP contribution in [0, 0.1) is 0 Å². The van der Waals surface area contributed by atoms with Crippen LogP contribution in [0.25, 0.3) is 0 Å². The first-order valence-corrected chi connectivity index (χ1v) is 24.6. The van der Waals surface area contributed by atoms with Gasteiger partial charge in [0.2, 0.25) is 0 Å². The molecule has 0 spiro atoms. The Morgan fingerprint density at radius 1 is 0.345 bits per heavy atom. The molecular formula is C52H92O6. The molecule has 58 heavy (non-hydrogen) atoms. The zero-order valence-electron chi connectivity index (χ0n) is 38.3. The maximum atomic E-state index is 12.7. The summed E-state index contributed by atoms with van der Waals surface area (Å²) in [5.41, 5.74) is 0. The van der Waals surface area contributed by atoms with Gasteiger partial charge in [0.05, 0.1) is 0 Å². The largest absolute Gasteiger partial charge is 0.462 e. The summed E-state index contributed by atoms with van der Waals surface area (Å²) in [4.78, 5) is 37.8. The minimum absolute atomic E-state index is 0.0817. The summed E-state index contributed by atoms with van der Waals surface area (Å²) in [6, 6.07) is 0. The van der Waals surface area contributed by atoms with Gasteiger partial charge in [0.1, 0.15) is 13.2 Å². The highest BCUT2D eigenvalue weighted by Crippen LogP contribution is 2.14. The summed E-state index contributed by atoms with van der Waals surface area (Å²) in [5.74, 6) is -0.907. The summed E-state index contributed by atoms with van der Waals surface area (Å²) in [6.07, 6.45) is 55.1. The van der Waals surface area contributed by atoms with E-state index in [1.807, 2.05) is 0 Å². The molecule has 0 heterocycles. The molecule has 0 saturated carbocycles. The van der Waals surface area contributed by atoms with Gasteiger partial charge in [0, 0.05) is 19.3 Å². The van der Waals surface area contributed by atoms with Gasteiger partial charge in [-0.25, -0.2) is 0 Å². The predicted molar refractivity (Wildman–Crippen MR) is 247 cm³/mol. The molecule has 6 nitrogen and oxygen atoms in total. The Morgan fingerprint density at radius 2 is 0.638 bits per heavy atom. The second-order valence-corrected chi connectivity index (χ2v) is 16.4. The topological polar surface area (TPSA) is 78.9 Å². The quantitative estimate of drug-likeness (QED) is 0.0264. The lowest BCUT2D eigenvalue weighted by atomic mass is 10.1. The molecule has 0 rings (SSSR count). The van der Waals surface area contributed by atoms with Crippen molar-refractivity contribution in [2.45, 2.75) is 252 Å². The summed E-state index contributed by atoms with van der Waals surface area (Å²) < 4.78 is 16.7. The van der Waals surface area contributed by atoms with Gasteiger partial charge in [-0.2, -0.15) is 0 Å². The smallest absolute Gasteiger partial charge is 0.306 e. The molecule has 0 radical (unpaired) electrons. The first-order chi connectivity index (χ1) is 28.5. The molecule has 0 aromatic carbocycles. The van der Waals surface area contributed by atoms with Crippen molar-refractivity contribution in [3.8, 4) is 0 Å². The number of carbonyl (C=O) groups excluding carboxylic acids is 3. The van der Waals surface area contributed by atoms with Crippen LogP contribution in [0.1, 0.15) is 245 Å². The standard InChI is InChI=1S/C52H92O6/c1-4-7-10-13-16-19-22-24-26-28-30-33-36-39-42-45-51(54)57-48-49(47-56-50(53)44-41-38-35-32-29-21-18-15-12-9-6-3)58-52(55)46-43-40-37-34-31-27-25-23-20-17-14-11-8-5-2/h14,16-17,19,23-26,49H,4-13,15,18,20-22,27-48H2,1-3H3/b17-14-,19-16-,25-23-,26-24-. The maximum Gasteiger partial charge on any atom is 0.306 e. The Balaban J connectivity index is 4.41. The third kappa shape index (κ3) is 44.5. The molecule has 336 valence electrons. The summed E-state index contributed by atoms with van der Waals surface area (Å²) in [6.45, 7) is 6.54. The minimum Gasteiger partial charge on any atom is -0.462 e. The molecule has 0 aliphatic heterocycles. The van der Waals surface area contributed by atoms with E-state index >= 15 is 0 Å². The van der Waals surface area contributed by atoms with Gasteiger partial charge in [-0.3, -0.25) is 14.4 Å². The van der Waals surface area contributed by atoms with E-state index in [1.54, 1.807) is 0 Å². The van der Waals surface area contributed by atoms with Crippen LogP contribution in [0.4, 0.5) is 0 Å². The van der Waals surface area contributed by atoms with E-state index in [-0.39, 0.29) is 31.1 Å². The van der Waals surface area contributed by atoms with Crippen LogP contribution in [0.5, 0.6) is 0 Å². The zero-order valence-corrected chi connectivity index (χ0v) is 38.3. The van der Waals surface area contributed by atoms with E-state index in [1.165, 1.54) is 103 Å². The average Bonchev–Trinajstić information content (AvgIpc) is 3.22. The second kappa shape index (κ2) is 47.1. The molecule has 6 heteroatoms. The van der Waals surface area contributed by atoms with E-state index < -0.39 is 6.10 Å². The molecule has 0 fully saturated rings. The van der Waals surface area contributed by atoms with E-state index in [9.17, 15) is 14.4 Å². The van der Waals surface area contributed by atoms with Crippen molar-refractivity contribution in [1.82, 2.24) is 0 Å². The number of carbonyl (C=O) groups is 3. The van der Waals surface area contributed by atoms with Gasteiger partial charge in [-0.1, -0.05) is 198 Å². The number of hydrogen-bond acceptors (Lipinski definition) is 6. The summed E-state index contributed by atoms with van der Waals surface area (Å²) in [5, 5.41) is 0. The first kappa shape index (κ1) is 55.4. The van der Waals surface area contributed by atoms with E-state index in [2.05, 4.69) is 69.4 Å². The third-order valence-corrected chi connectivity index (χ3v) is 10.6. The Hall–Kier alpha value is -2.63. The minimum atomic E-state index is -0.782. The van der Waals surface area contributed by atoms with Crippen molar-refractivity contribution < 1.29 is 28.6 Å². The summed E-state index contributed by atoms with van der Waals surface area (Å²) in [7, 11) is 0. The Morgan fingerprint density at radius 3 is 1.03 bits per heavy atom. The van der Waals surface area contributed by atoms with Crippen LogP contribution in [-0.4, -0.2) is 37.2 Å². The Labute approximate surface area is 358 Å². The fraction of sp³-hybridized carbons (Fsp3) is 0.788. The van der Waals surface area contributed by atoms with Crippen molar-refractivity contribution >= 4 is 17.9 Å². The SMILES string of the molecule is CCCC/C=C\C/C=C\CCCCCCCC(=O)OC(COC(=O)CCCCCCC/C=C\C/C=C\CCCCC)COC(=O)CCCCCCCCCCCCC. The maximum absolute atomic E-state index is 12.7. The third-order valence-electron chi connectivity index (χ3n) is 10.6. The van der Waals surface area contributed by atoms with Crippen molar-refractivity contribution in [3.05, 3.63) is 48.6 Å². The van der Waals surface area contributed by atoms with Gasteiger partial charge in [-0.15, -0.1) is 0 Å². The number of hydrogen-bond donors (Lipinski definition) is 0. The van der Waals surface area contributed by atoms with Crippen molar-refractivity contribution in [2.75, 3.05) is 13.2 Å². The zero-order chi connectivity index (χ0) is 42.3. The molecule has 0 aromatic heterocycles. The fourth-order valence-electron chi connectivity index (χ4n) is 6.78. The lowest BCUT2D eigenvalue weighted by Crippen LogP contribution is -2.30. The van der Waals surface area contributed by atoms with E-state index in [0.717, 1.165) is 103 Å². The molecule has 0 aromatic rings. The molecule has 0 bridgehead atoms. The molecule has 1 atom stereocenters. The van der Waals surface area contributed by atoms with Crippen molar-refractivity contribution in [1.29, 1.82) is 0 Å². The Kier molecular flexibility index (Phi) is 44.9. The highest BCUT2D eigenvalue weighted by Gasteiger charge is 2.19. The number of rotatable bonds is 44. The van der Waals surface area contributed by atoms with Gasteiger partial charge in [0.15, 0.2) is 6.10 Å². The van der Waals surface area contributed by atoms with Crippen LogP contribution in [-0.2, 0) is 28.6 Å². The number of unbranched alkanes of at least 4 members (excludes halogenated alkanes) is 25. The number of allylic oxidation sites excluding steroid dienone is 8. The predicted octanol–water partition coefficient (Wildman–Crippen LogP) is 15.9. The van der Waals surface area contributed by atoms with Gasteiger partial charge >= 0.3 is 17.9 Å². The van der Waals surface area contributed by atoms with Gasteiger partial charge < -0.3 is 14.2 Å².